The van der Waals surface area contributed by atoms with E-state index in [9.17, 15) is 14.3 Å². The van der Waals surface area contributed by atoms with Gasteiger partial charge in [-0.1, -0.05) is 11.2 Å². The van der Waals surface area contributed by atoms with Crippen molar-refractivity contribution in [2.45, 2.75) is 34.6 Å². The van der Waals surface area contributed by atoms with Gasteiger partial charge in [0.05, 0.1) is 11.1 Å². The van der Waals surface area contributed by atoms with Crippen molar-refractivity contribution >= 4 is 5.97 Å². The fourth-order valence-corrected chi connectivity index (χ4v) is 3.05. The van der Waals surface area contributed by atoms with Gasteiger partial charge in [-0.15, -0.1) is 0 Å². The smallest absolute Gasteiger partial charge is 0.335 e. The van der Waals surface area contributed by atoms with Crippen molar-refractivity contribution in [2.24, 2.45) is 0 Å². The lowest BCUT2D eigenvalue weighted by Gasteiger charge is -2.09. The summed E-state index contributed by atoms with van der Waals surface area (Å²) in [5.41, 5.74) is 4.40. The minimum Gasteiger partial charge on any atom is -0.478 e. The number of halogens is 1. The van der Waals surface area contributed by atoms with Gasteiger partial charge in [0.2, 0.25) is 5.82 Å². The van der Waals surface area contributed by atoms with Crippen LogP contribution in [0.5, 0.6) is 0 Å². The van der Waals surface area contributed by atoms with Gasteiger partial charge in [-0.05, 0) is 74.6 Å². The van der Waals surface area contributed by atoms with Gasteiger partial charge in [0.15, 0.2) is 0 Å². The number of aromatic carboxylic acids is 1. The molecule has 3 aromatic rings. The molecule has 0 spiro atoms. The number of rotatable bonds is 3. The molecule has 2 aromatic carbocycles. The van der Waals surface area contributed by atoms with E-state index in [4.69, 9.17) is 4.52 Å². The van der Waals surface area contributed by atoms with E-state index < -0.39 is 5.97 Å². The van der Waals surface area contributed by atoms with Gasteiger partial charge in [-0.25, -0.2) is 9.18 Å². The van der Waals surface area contributed by atoms with Crippen LogP contribution in [0.1, 0.15) is 38.2 Å². The van der Waals surface area contributed by atoms with Gasteiger partial charge in [-0.2, -0.15) is 4.98 Å². The lowest BCUT2D eigenvalue weighted by Crippen LogP contribution is -2.02. The molecule has 0 fully saturated rings. The Bertz CT molecular complexity index is 1040. The van der Waals surface area contributed by atoms with Crippen LogP contribution in [0.25, 0.3) is 22.8 Å². The summed E-state index contributed by atoms with van der Waals surface area (Å²) in [6.45, 7) is 8.82. The molecule has 0 aliphatic heterocycles. The summed E-state index contributed by atoms with van der Waals surface area (Å²) in [5.74, 6) is -1.09. The van der Waals surface area contributed by atoms with E-state index in [1.54, 1.807) is 39.8 Å². The molecule has 0 saturated carbocycles. The molecule has 0 unspecified atom stereocenters. The number of benzene rings is 2. The molecule has 0 aliphatic rings. The van der Waals surface area contributed by atoms with Crippen LogP contribution in [0, 0.1) is 40.4 Å². The Labute approximate surface area is 150 Å². The highest BCUT2D eigenvalue weighted by molar-refractivity contribution is 5.92. The van der Waals surface area contributed by atoms with Crippen LogP contribution in [0.2, 0.25) is 0 Å². The zero-order valence-corrected chi connectivity index (χ0v) is 15.3. The zero-order valence-electron chi connectivity index (χ0n) is 15.3. The molecule has 1 N–H and O–H groups in total. The van der Waals surface area contributed by atoms with Crippen LogP contribution >= 0.6 is 0 Å². The van der Waals surface area contributed by atoms with E-state index in [2.05, 4.69) is 10.1 Å². The maximum Gasteiger partial charge on any atom is 0.335 e. The maximum atomic E-state index is 14.7. The van der Waals surface area contributed by atoms with Crippen LogP contribution in [0.4, 0.5) is 4.39 Å². The highest BCUT2D eigenvalue weighted by Gasteiger charge is 2.21. The van der Waals surface area contributed by atoms with E-state index >= 15 is 0 Å². The van der Waals surface area contributed by atoms with Gasteiger partial charge in [0, 0.05) is 5.56 Å². The molecule has 0 aliphatic carbocycles. The van der Waals surface area contributed by atoms with Crippen LogP contribution in [0.15, 0.2) is 22.7 Å². The lowest BCUT2D eigenvalue weighted by atomic mass is 9.98. The molecule has 26 heavy (non-hydrogen) atoms. The molecule has 1 aromatic heterocycles. The van der Waals surface area contributed by atoms with Gasteiger partial charge >= 0.3 is 5.97 Å². The van der Waals surface area contributed by atoms with Gasteiger partial charge in [0.1, 0.15) is 5.82 Å². The molecule has 0 atom stereocenters. The highest BCUT2D eigenvalue weighted by Crippen LogP contribution is 2.32. The molecule has 3 rings (SSSR count). The second kappa shape index (κ2) is 6.37. The average molecular weight is 354 g/mol. The van der Waals surface area contributed by atoms with Crippen molar-refractivity contribution in [3.05, 3.63) is 57.4 Å². The van der Waals surface area contributed by atoms with Crippen molar-refractivity contribution in [1.82, 2.24) is 10.1 Å². The topological polar surface area (TPSA) is 76.2 Å². The highest BCUT2D eigenvalue weighted by atomic mass is 19.1. The Kier molecular flexibility index (Phi) is 4.36. The Morgan fingerprint density at radius 1 is 1.04 bits per heavy atom. The first-order chi connectivity index (χ1) is 12.2. The average Bonchev–Trinajstić information content (AvgIpc) is 3.03. The number of hydrogen-bond donors (Lipinski definition) is 1. The van der Waals surface area contributed by atoms with E-state index in [1.165, 1.54) is 0 Å². The van der Waals surface area contributed by atoms with Gasteiger partial charge in [-0.3, -0.25) is 0 Å². The van der Waals surface area contributed by atoms with Crippen LogP contribution in [-0.4, -0.2) is 21.2 Å². The largest absolute Gasteiger partial charge is 0.478 e. The van der Waals surface area contributed by atoms with Crippen LogP contribution in [0.3, 0.4) is 0 Å². The Morgan fingerprint density at radius 3 is 2.38 bits per heavy atom. The second-order valence-corrected chi connectivity index (χ2v) is 6.54. The summed E-state index contributed by atoms with van der Waals surface area (Å²) < 4.78 is 20.0. The summed E-state index contributed by atoms with van der Waals surface area (Å²) in [5, 5.41) is 13.3. The summed E-state index contributed by atoms with van der Waals surface area (Å²) in [6.07, 6.45) is 0. The van der Waals surface area contributed by atoms with Crippen molar-refractivity contribution in [2.75, 3.05) is 0 Å². The minimum absolute atomic E-state index is 0.0795. The number of carboxylic acids is 1. The summed E-state index contributed by atoms with van der Waals surface area (Å²) in [4.78, 5) is 15.8. The van der Waals surface area contributed by atoms with Crippen molar-refractivity contribution in [3.8, 4) is 22.8 Å². The minimum atomic E-state index is -1.02. The Morgan fingerprint density at radius 2 is 1.73 bits per heavy atom. The number of carboxylic acid groups (broad SMARTS) is 1. The van der Waals surface area contributed by atoms with E-state index in [1.807, 2.05) is 13.0 Å². The number of carbonyl (C=O) groups is 1. The predicted molar refractivity (Wildman–Crippen MR) is 95.8 cm³/mol. The van der Waals surface area contributed by atoms with Crippen molar-refractivity contribution < 1.29 is 18.8 Å². The third kappa shape index (κ3) is 2.87. The second-order valence-electron chi connectivity index (χ2n) is 6.54. The maximum absolute atomic E-state index is 14.7. The predicted octanol–water partition coefficient (Wildman–Crippen LogP) is 4.78. The molecule has 1 heterocycles. The Balaban J connectivity index is 2.17. The van der Waals surface area contributed by atoms with Gasteiger partial charge < -0.3 is 9.63 Å². The normalized spacial score (nSPS) is 11.0. The fourth-order valence-electron chi connectivity index (χ4n) is 3.05. The first-order valence-electron chi connectivity index (χ1n) is 8.16. The number of hydrogen-bond acceptors (Lipinski definition) is 4. The number of aryl methyl sites for hydroxylation is 3. The SMILES string of the molecule is Cc1cc(C(=O)O)c(C)c(-c2noc(-c3c(C)cc(C)c(C)c3F)n2)c1. The van der Waals surface area contributed by atoms with E-state index in [-0.39, 0.29) is 28.7 Å². The fraction of sp³-hybridized carbons (Fsp3) is 0.250. The molecule has 0 bridgehead atoms. The molecule has 0 radical (unpaired) electrons. The van der Waals surface area contributed by atoms with E-state index in [0.29, 0.717) is 22.3 Å². The number of aromatic nitrogens is 2. The molecule has 0 saturated heterocycles. The van der Waals surface area contributed by atoms with Crippen molar-refractivity contribution in [3.63, 3.8) is 0 Å². The van der Waals surface area contributed by atoms with Crippen LogP contribution < -0.4 is 0 Å². The number of nitrogens with zero attached hydrogens (tertiary/aromatic N) is 2. The summed E-state index contributed by atoms with van der Waals surface area (Å²) in [6, 6.07) is 5.26. The summed E-state index contributed by atoms with van der Waals surface area (Å²) >= 11 is 0. The molecule has 0 amide bonds. The Hall–Kier alpha value is -3.02. The zero-order chi connectivity index (χ0) is 19.2. The molecular formula is C20H19FN2O3. The van der Waals surface area contributed by atoms with Gasteiger partial charge in [0.25, 0.3) is 5.89 Å². The van der Waals surface area contributed by atoms with E-state index in [0.717, 1.165) is 11.1 Å². The third-order valence-corrected chi connectivity index (χ3v) is 4.63. The quantitative estimate of drug-likeness (QED) is 0.732. The third-order valence-electron chi connectivity index (χ3n) is 4.63. The lowest BCUT2D eigenvalue weighted by molar-refractivity contribution is 0.0696. The monoisotopic (exact) mass is 354 g/mol. The first kappa shape index (κ1) is 17.8. The summed E-state index contributed by atoms with van der Waals surface area (Å²) in [7, 11) is 0. The molecular weight excluding hydrogens is 335 g/mol. The standard InChI is InChI=1S/C20H19FN2O3/c1-9-6-14(13(5)15(7-9)20(24)25)18-22-19(26-23-18)16-11(3)8-10(2)12(4)17(16)21/h6-8H,1-5H3,(H,24,25). The first-order valence-corrected chi connectivity index (χ1v) is 8.16. The van der Waals surface area contributed by atoms with Crippen molar-refractivity contribution in [1.29, 1.82) is 0 Å². The molecule has 5 nitrogen and oxygen atoms in total. The molecule has 6 heteroatoms. The molecule has 134 valence electrons. The van der Waals surface area contributed by atoms with Crippen LogP contribution in [-0.2, 0) is 0 Å².